The van der Waals surface area contributed by atoms with Gasteiger partial charge in [0.25, 0.3) is 0 Å². The lowest BCUT2D eigenvalue weighted by molar-refractivity contribution is -0.00582. The van der Waals surface area contributed by atoms with Crippen LogP contribution in [-0.4, -0.2) is 37.2 Å². The fraction of sp³-hybridized carbons (Fsp3) is 0.600. The summed E-state index contributed by atoms with van der Waals surface area (Å²) in [7, 11) is 0. The zero-order valence-corrected chi connectivity index (χ0v) is 11.5. The number of rotatable bonds is 7. The van der Waals surface area contributed by atoms with Gasteiger partial charge in [-0.3, -0.25) is 4.90 Å². The molecule has 0 aromatic heterocycles. The molecule has 1 aromatic rings. The Hall–Kier alpha value is -0.900. The van der Waals surface area contributed by atoms with Crippen molar-refractivity contribution in [3.63, 3.8) is 0 Å². The van der Waals surface area contributed by atoms with E-state index in [-0.39, 0.29) is 0 Å². The second-order valence-corrected chi connectivity index (χ2v) is 4.85. The van der Waals surface area contributed by atoms with Gasteiger partial charge in [0.2, 0.25) is 0 Å². The summed E-state index contributed by atoms with van der Waals surface area (Å²) in [6.45, 7) is 10.4. The van der Waals surface area contributed by atoms with Gasteiger partial charge in [-0.1, -0.05) is 38.1 Å². The molecule has 1 saturated heterocycles. The molecule has 0 amide bonds. The van der Waals surface area contributed by atoms with Gasteiger partial charge in [-0.05, 0) is 24.2 Å². The molecule has 0 atom stereocenters. The number of benzene rings is 1. The zero-order chi connectivity index (χ0) is 12.8. The quantitative estimate of drug-likeness (QED) is 0.799. The normalized spacial score (nSPS) is 15.9. The van der Waals surface area contributed by atoms with Crippen molar-refractivity contribution < 1.29 is 4.74 Å². The molecule has 1 aromatic carbocycles. The first kappa shape index (κ1) is 13.5. The van der Waals surface area contributed by atoms with Gasteiger partial charge in [-0.25, -0.2) is 0 Å². The fourth-order valence-electron chi connectivity index (χ4n) is 2.18. The molecule has 0 bridgehead atoms. The largest absolute Gasteiger partial charge is 0.378 e. The molecule has 0 unspecified atom stereocenters. The van der Waals surface area contributed by atoms with E-state index in [4.69, 9.17) is 4.74 Å². The summed E-state index contributed by atoms with van der Waals surface area (Å²) >= 11 is 0. The average Bonchev–Trinajstić information content (AvgIpc) is 2.35. The first-order valence-corrected chi connectivity index (χ1v) is 6.93. The van der Waals surface area contributed by atoms with Crippen LogP contribution in [0.5, 0.6) is 0 Å². The summed E-state index contributed by atoms with van der Waals surface area (Å²) in [6.07, 6.45) is 0. The summed E-state index contributed by atoms with van der Waals surface area (Å²) in [5.41, 5.74) is 2.85. The Kier molecular flexibility index (Phi) is 5.17. The topological polar surface area (TPSA) is 24.5 Å². The number of hydrogen-bond donors (Lipinski definition) is 1. The highest BCUT2D eigenvalue weighted by Gasteiger charge is 2.17. The Morgan fingerprint density at radius 2 is 1.83 bits per heavy atom. The maximum absolute atomic E-state index is 5.18. The van der Waals surface area contributed by atoms with E-state index in [0.717, 1.165) is 39.4 Å². The number of nitrogens with one attached hydrogen (secondary N) is 1. The molecule has 0 radical (unpaired) electrons. The van der Waals surface area contributed by atoms with Crippen molar-refractivity contribution in [1.29, 1.82) is 0 Å². The van der Waals surface area contributed by atoms with Crippen LogP contribution in [0.3, 0.4) is 0 Å². The van der Waals surface area contributed by atoms with Crippen LogP contribution in [0.1, 0.15) is 25.0 Å². The van der Waals surface area contributed by atoms with Crippen molar-refractivity contribution in [2.45, 2.75) is 33.0 Å². The second-order valence-electron chi connectivity index (χ2n) is 4.85. The van der Waals surface area contributed by atoms with Gasteiger partial charge < -0.3 is 10.1 Å². The zero-order valence-electron chi connectivity index (χ0n) is 11.5. The van der Waals surface area contributed by atoms with Crippen molar-refractivity contribution in [3.05, 3.63) is 35.4 Å². The third kappa shape index (κ3) is 3.55. The van der Waals surface area contributed by atoms with E-state index in [0.29, 0.717) is 6.04 Å². The van der Waals surface area contributed by atoms with Gasteiger partial charge >= 0.3 is 0 Å². The molecule has 1 heterocycles. The molecule has 1 aliphatic heterocycles. The molecule has 0 aliphatic carbocycles. The van der Waals surface area contributed by atoms with Crippen molar-refractivity contribution in [2.75, 3.05) is 26.3 Å². The number of ether oxygens (including phenoxy) is 1. The minimum atomic E-state index is 0.548. The third-order valence-corrected chi connectivity index (χ3v) is 3.63. The van der Waals surface area contributed by atoms with E-state index in [1.54, 1.807) is 0 Å². The molecule has 3 heteroatoms. The van der Waals surface area contributed by atoms with Gasteiger partial charge in [0.1, 0.15) is 0 Å². The molecular weight excluding hydrogens is 224 g/mol. The highest BCUT2D eigenvalue weighted by molar-refractivity contribution is 5.27. The Morgan fingerprint density at radius 1 is 1.17 bits per heavy atom. The Labute approximate surface area is 110 Å². The van der Waals surface area contributed by atoms with Crippen LogP contribution in [0.25, 0.3) is 0 Å². The van der Waals surface area contributed by atoms with Crippen LogP contribution in [-0.2, 0) is 17.8 Å². The highest BCUT2D eigenvalue weighted by Crippen LogP contribution is 2.12. The maximum Gasteiger partial charge on any atom is 0.0643 e. The SMILES string of the molecule is CCN(CC)Cc1ccccc1CNC1COC1. The summed E-state index contributed by atoms with van der Waals surface area (Å²) < 4.78 is 5.18. The van der Waals surface area contributed by atoms with E-state index >= 15 is 0 Å². The molecule has 1 fully saturated rings. The number of nitrogens with zero attached hydrogens (tertiary/aromatic N) is 1. The number of hydrogen-bond acceptors (Lipinski definition) is 3. The van der Waals surface area contributed by atoms with Crippen molar-refractivity contribution in [2.24, 2.45) is 0 Å². The standard InChI is InChI=1S/C15H24N2O/c1-3-17(4-2)10-14-8-6-5-7-13(14)9-16-15-11-18-12-15/h5-8,15-16H,3-4,9-12H2,1-2H3. The lowest BCUT2D eigenvalue weighted by atomic mass is 10.1. The van der Waals surface area contributed by atoms with E-state index in [9.17, 15) is 0 Å². The van der Waals surface area contributed by atoms with Gasteiger partial charge in [0, 0.05) is 13.1 Å². The lowest BCUT2D eigenvalue weighted by Gasteiger charge is -2.28. The average molecular weight is 248 g/mol. The first-order valence-electron chi connectivity index (χ1n) is 6.93. The highest BCUT2D eigenvalue weighted by atomic mass is 16.5. The van der Waals surface area contributed by atoms with Crippen LogP contribution >= 0.6 is 0 Å². The molecule has 100 valence electrons. The van der Waals surface area contributed by atoms with Crippen LogP contribution < -0.4 is 5.32 Å². The van der Waals surface area contributed by atoms with E-state index in [2.05, 4.69) is 48.3 Å². The van der Waals surface area contributed by atoms with Crippen LogP contribution in [0.2, 0.25) is 0 Å². The van der Waals surface area contributed by atoms with Crippen molar-refractivity contribution in [1.82, 2.24) is 10.2 Å². The Bertz CT molecular complexity index is 359. The van der Waals surface area contributed by atoms with Crippen LogP contribution in [0.4, 0.5) is 0 Å². The molecule has 2 rings (SSSR count). The fourth-order valence-corrected chi connectivity index (χ4v) is 2.18. The molecule has 1 N–H and O–H groups in total. The van der Waals surface area contributed by atoms with Crippen LogP contribution in [0.15, 0.2) is 24.3 Å². The first-order chi connectivity index (χ1) is 8.83. The lowest BCUT2D eigenvalue weighted by Crippen LogP contribution is -2.45. The van der Waals surface area contributed by atoms with Crippen molar-refractivity contribution >= 4 is 0 Å². The van der Waals surface area contributed by atoms with Crippen molar-refractivity contribution in [3.8, 4) is 0 Å². The predicted octanol–water partition coefficient (Wildman–Crippen LogP) is 2.02. The Balaban J connectivity index is 1.95. The van der Waals surface area contributed by atoms with E-state index in [1.165, 1.54) is 11.1 Å². The summed E-state index contributed by atoms with van der Waals surface area (Å²) in [5, 5.41) is 3.54. The molecule has 0 spiro atoms. The summed E-state index contributed by atoms with van der Waals surface area (Å²) in [6, 6.07) is 9.28. The van der Waals surface area contributed by atoms with Crippen LogP contribution in [0, 0.1) is 0 Å². The smallest absolute Gasteiger partial charge is 0.0643 e. The molecular formula is C15H24N2O. The minimum absolute atomic E-state index is 0.548. The van der Waals surface area contributed by atoms with E-state index in [1.807, 2.05) is 0 Å². The monoisotopic (exact) mass is 248 g/mol. The second kappa shape index (κ2) is 6.88. The van der Waals surface area contributed by atoms with Gasteiger partial charge in [0.15, 0.2) is 0 Å². The molecule has 1 aliphatic rings. The van der Waals surface area contributed by atoms with Gasteiger partial charge in [0.05, 0.1) is 19.3 Å². The summed E-state index contributed by atoms with van der Waals surface area (Å²) in [5.74, 6) is 0. The van der Waals surface area contributed by atoms with Gasteiger partial charge in [-0.2, -0.15) is 0 Å². The molecule has 18 heavy (non-hydrogen) atoms. The Morgan fingerprint density at radius 3 is 2.39 bits per heavy atom. The van der Waals surface area contributed by atoms with E-state index < -0.39 is 0 Å². The molecule has 3 nitrogen and oxygen atoms in total. The third-order valence-electron chi connectivity index (χ3n) is 3.63. The summed E-state index contributed by atoms with van der Waals surface area (Å²) in [4.78, 5) is 2.45. The van der Waals surface area contributed by atoms with Gasteiger partial charge in [-0.15, -0.1) is 0 Å². The maximum atomic E-state index is 5.18. The predicted molar refractivity (Wildman–Crippen MR) is 74.5 cm³/mol. The molecule has 0 saturated carbocycles. The minimum Gasteiger partial charge on any atom is -0.378 e.